The van der Waals surface area contributed by atoms with Crippen LogP contribution < -0.4 is 72.7 Å². The van der Waals surface area contributed by atoms with E-state index in [1.165, 1.54) is 0 Å². The first-order chi connectivity index (χ1) is 26.9. The van der Waals surface area contributed by atoms with Crippen LogP contribution in [0.25, 0.3) is 0 Å². The molecule has 0 unspecified atom stereocenters. The number of carboxylic acids is 12. The minimum Gasteiger partial charge on any atom is -0.550 e. The van der Waals surface area contributed by atoms with Gasteiger partial charge in [0, 0.05) is 99.1 Å². The summed E-state index contributed by atoms with van der Waals surface area (Å²) in [5.41, 5.74) is 0.183. The monoisotopic (exact) mass is 900 g/mol. The molecule has 0 aromatic heterocycles. The van der Waals surface area contributed by atoms with E-state index in [0.29, 0.717) is 11.4 Å². The van der Waals surface area contributed by atoms with Crippen molar-refractivity contribution in [2.45, 2.75) is 73.8 Å². The quantitative estimate of drug-likeness (QED) is 0.0662. The smallest absolute Gasteiger partial charge is 0.550 e. The van der Waals surface area contributed by atoms with Crippen LogP contribution in [-0.2, 0) is 57.5 Å². The van der Waals surface area contributed by atoms with Gasteiger partial charge in [0.25, 0.3) is 0 Å². The van der Waals surface area contributed by atoms with Crippen LogP contribution in [0.4, 0.5) is 11.4 Å². The predicted octanol–water partition coefficient (Wildman–Crippen LogP) is -19.9. The number of carbonyl (C=O) groups excluding carboxylic acids is 12. The van der Waals surface area contributed by atoms with Crippen molar-refractivity contribution in [1.29, 1.82) is 0 Å². The molecule has 0 aliphatic carbocycles. The number of hydrogen-bond donors (Lipinski definition) is 6. The molecule has 0 radical (unpaired) electrons. The van der Waals surface area contributed by atoms with Gasteiger partial charge in [0.2, 0.25) is 0 Å². The molecule has 1 rings (SSSR count). The number of anilines is 2. The van der Waals surface area contributed by atoms with Crippen molar-refractivity contribution >= 4 is 83.0 Å². The normalized spacial score (nSPS) is 10.1. The maximum absolute atomic E-state index is 10.1. The molecule has 30 nitrogen and oxygen atoms in total. The van der Waals surface area contributed by atoms with Gasteiger partial charge < -0.3 is 151 Å². The van der Waals surface area contributed by atoms with Crippen LogP contribution in [0.1, 0.15) is 51.4 Å². The Morgan fingerprint density at radius 3 is 0.508 bits per heavy atom. The predicted molar refractivity (Wildman–Crippen MR) is 162 cm³/mol. The van der Waals surface area contributed by atoms with Crippen LogP contribution >= 0.6 is 0 Å². The number of nitrogens with two attached hydrogens (primary N) is 2. The van der Waals surface area contributed by atoms with Crippen molar-refractivity contribution in [3.8, 4) is 0 Å². The molecule has 0 fully saturated rings. The number of carboxylic acid groups (broad SMARTS) is 12. The molecule has 0 amide bonds. The van der Waals surface area contributed by atoms with Gasteiger partial charge in [-0.1, -0.05) is 12.1 Å². The first kappa shape index (κ1) is 69.9. The summed E-state index contributed by atoms with van der Waals surface area (Å²) in [4.78, 5) is 120. The second-order valence-electron chi connectivity index (χ2n) is 11.3. The van der Waals surface area contributed by atoms with E-state index in [0.717, 1.165) is 0 Å². The summed E-state index contributed by atoms with van der Waals surface area (Å²) >= 11 is 0. The fourth-order valence-corrected chi connectivity index (χ4v) is 3.25. The number of rotatable bonds is 20. The Labute approximate surface area is 354 Å². The summed E-state index contributed by atoms with van der Waals surface area (Å²) in [6.07, 6.45) is -10.9. The number of aliphatic hydroxyl groups is 4. The molecule has 8 N–H and O–H groups in total. The molecule has 338 valence electrons. The van der Waals surface area contributed by atoms with Crippen LogP contribution in [0.2, 0.25) is 0 Å². The average Bonchev–Trinajstić information content (AvgIpc) is 3.00. The van der Waals surface area contributed by atoms with Gasteiger partial charge in [-0.15, -0.1) is 0 Å². The summed E-state index contributed by atoms with van der Waals surface area (Å²) in [6, 6.07) is 7.25. The molecule has 0 aliphatic rings. The molecule has 0 bridgehead atoms. The Morgan fingerprint density at radius 2 is 0.444 bits per heavy atom. The number of aliphatic carboxylic acids is 12. The Hall–Kier alpha value is -7.70. The van der Waals surface area contributed by atoms with Crippen LogP contribution in [0.5, 0.6) is 0 Å². The molecule has 1 aromatic rings. The van der Waals surface area contributed by atoms with Gasteiger partial charge in [-0.2, -0.15) is 0 Å². The van der Waals surface area contributed by atoms with Crippen molar-refractivity contribution < 1.29 is 139 Å². The zero-order chi connectivity index (χ0) is 48.6. The number of hydrogen-bond acceptors (Lipinski definition) is 30. The number of benzene rings is 1. The summed E-state index contributed by atoms with van der Waals surface area (Å²) in [6.45, 7) is 0. The largest absolute Gasteiger partial charge is 4.00 e. The van der Waals surface area contributed by atoms with Crippen molar-refractivity contribution in [1.82, 2.24) is 0 Å². The number of carbonyl (C=O) groups is 12. The molecule has 0 heterocycles. The first-order valence-electron chi connectivity index (χ1n) is 14.9. The summed E-state index contributed by atoms with van der Waals surface area (Å²) in [5, 5.41) is 156. The third kappa shape index (κ3) is 32.8. The van der Waals surface area contributed by atoms with Gasteiger partial charge in [0.15, 0.2) is 0 Å². The van der Waals surface area contributed by atoms with E-state index < -0.39 is 145 Å². The van der Waals surface area contributed by atoms with Gasteiger partial charge in [0.05, 0.1) is 35.3 Å². The number of para-hydroxylation sites is 2. The van der Waals surface area contributed by atoms with Crippen molar-refractivity contribution in [3.05, 3.63) is 46.5 Å². The average molecular weight is 901 g/mol. The SMILES string of the molecule is Nc1ccccc1N.O=C([O-])CC(O)(CC(=O)[O-])C(=O)[O-].O=C([O-])CC(O)(CC(=O)[O-])C(=O)[O-].O=C([O-])CC(O)(CC(=O)[O-])C(=O)[O-].O=C([O-])CC(O)(CC(=O)[O-])C(=O)[O-].[C+4].[C+4].[C+4]. The second-order valence-corrected chi connectivity index (χ2v) is 11.3. The van der Waals surface area contributed by atoms with Crippen molar-refractivity contribution in [2.24, 2.45) is 0 Å². The number of nitrogen functional groups attached to an aromatic ring is 2. The van der Waals surface area contributed by atoms with Crippen LogP contribution in [0, 0.1) is 22.3 Å². The standard InChI is InChI=1S/C6H8N2.4C6H8O7.3C/c7-5-3-1-2-4-6(5)8;4*7-3(8)1-6(13,5(11)12)2-4(9)10;;;/h1-4H,7-8H2;4*13H,1-2H2,(H,7,8)(H,9,10)(H,11,12);;;/q;;;;;3*+4/p-12. The fraction of sp³-hybridized carbons (Fsp3) is 0.364. The van der Waals surface area contributed by atoms with E-state index in [1.807, 2.05) is 12.1 Å². The summed E-state index contributed by atoms with van der Waals surface area (Å²) in [7, 11) is 0. The van der Waals surface area contributed by atoms with Gasteiger partial charge in [-0.25, -0.2) is 0 Å². The maximum Gasteiger partial charge on any atom is 4.00 e. The Kier molecular flexibility index (Phi) is 34.6. The van der Waals surface area contributed by atoms with E-state index >= 15 is 0 Å². The second kappa shape index (κ2) is 31.2. The molecule has 1 aromatic carbocycles. The maximum atomic E-state index is 10.1. The minimum atomic E-state index is -2.97. The van der Waals surface area contributed by atoms with E-state index in [1.54, 1.807) is 12.1 Å². The zero-order valence-corrected chi connectivity index (χ0v) is 31.2. The minimum absolute atomic E-state index is 0. The molecular weight excluding hydrogens is 872 g/mol. The topological polar surface area (TPSA) is 615 Å². The first-order valence-corrected chi connectivity index (χ1v) is 14.9. The fourth-order valence-electron chi connectivity index (χ4n) is 3.25. The molecule has 63 heavy (non-hydrogen) atoms. The molecule has 0 spiro atoms. The molecular formula is C33H28N2O28. The van der Waals surface area contributed by atoms with Crippen LogP contribution in [0.3, 0.4) is 0 Å². The van der Waals surface area contributed by atoms with Gasteiger partial charge >= 0.3 is 22.3 Å². The van der Waals surface area contributed by atoms with Gasteiger partial charge in [-0.05, 0) is 12.1 Å². The van der Waals surface area contributed by atoms with Crippen molar-refractivity contribution in [2.75, 3.05) is 11.5 Å². The van der Waals surface area contributed by atoms with Crippen molar-refractivity contribution in [3.63, 3.8) is 0 Å². The Balaban J connectivity index is -0.000000124. The summed E-state index contributed by atoms with van der Waals surface area (Å²) < 4.78 is 0. The Bertz CT molecular complexity index is 1460. The van der Waals surface area contributed by atoms with E-state index in [2.05, 4.69) is 0 Å². The van der Waals surface area contributed by atoms with E-state index in [-0.39, 0.29) is 22.3 Å². The molecule has 30 heteroatoms. The molecule has 0 atom stereocenters. The van der Waals surface area contributed by atoms with E-state index in [4.69, 9.17) is 31.9 Å². The molecule has 0 saturated heterocycles. The summed E-state index contributed by atoms with van der Waals surface area (Å²) in [5.74, 6) is -23.9. The van der Waals surface area contributed by atoms with Gasteiger partial charge in [0.1, 0.15) is 22.4 Å². The molecule has 0 saturated carbocycles. The third-order valence-corrected chi connectivity index (χ3v) is 6.01. The van der Waals surface area contributed by atoms with Crippen LogP contribution in [0.15, 0.2) is 24.3 Å². The molecule has 0 aliphatic heterocycles. The Morgan fingerprint density at radius 1 is 0.333 bits per heavy atom. The van der Waals surface area contributed by atoms with E-state index in [9.17, 15) is 119 Å². The third-order valence-electron chi connectivity index (χ3n) is 6.01. The van der Waals surface area contributed by atoms with Gasteiger partial charge in [-0.3, -0.25) is 0 Å². The zero-order valence-electron chi connectivity index (χ0n) is 31.2. The van der Waals surface area contributed by atoms with Crippen LogP contribution in [-0.4, -0.2) is 114 Å².